The third-order valence-corrected chi connectivity index (χ3v) is 4.69. The first-order valence-electron chi connectivity index (χ1n) is 6.66. The van der Waals surface area contributed by atoms with E-state index in [1.807, 2.05) is 0 Å². The topological polar surface area (TPSA) is 68.0 Å². The maximum absolute atomic E-state index is 13.4. The van der Waals surface area contributed by atoms with Crippen LogP contribution in [-0.2, 0) is 6.42 Å². The lowest BCUT2D eigenvalue weighted by molar-refractivity contribution is 0.102. The number of halogens is 3. The standard InChI is InChI=1S/C14H14F3N3OS2/c15-8-1-2-11(22-7-12(16)17)9(5-8)20-14(21)10-6-23-13(19-10)3-4-18/h1-2,5-6,12H,3-4,7,18H2,(H,20,21). The third-order valence-electron chi connectivity index (χ3n) is 2.70. The highest BCUT2D eigenvalue weighted by molar-refractivity contribution is 7.99. The van der Waals surface area contributed by atoms with Crippen molar-refractivity contribution in [2.45, 2.75) is 17.7 Å². The first-order chi connectivity index (χ1) is 11.0. The normalized spacial score (nSPS) is 11.0. The Balaban J connectivity index is 2.13. The van der Waals surface area contributed by atoms with Crippen molar-refractivity contribution >= 4 is 34.7 Å². The average molecular weight is 361 g/mol. The summed E-state index contributed by atoms with van der Waals surface area (Å²) in [7, 11) is 0. The minimum Gasteiger partial charge on any atom is -0.330 e. The zero-order valence-electron chi connectivity index (χ0n) is 11.9. The summed E-state index contributed by atoms with van der Waals surface area (Å²) in [5.41, 5.74) is 5.76. The molecule has 0 atom stereocenters. The van der Waals surface area contributed by atoms with Crippen LogP contribution in [-0.4, -0.2) is 29.6 Å². The van der Waals surface area contributed by atoms with Gasteiger partial charge < -0.3 is 11.1 Å². The Morgan fingerprint density at radius 2 is 2.22 bits per heavy atom. The Bertz CT molecular complexity index is 679. The molecule has 0 saturated carbocycles. The summed E-state index contributed by atoms with van der Waals surface area (Å²) in [5, 5.41) is 4.82. The van der Waals surface area contributed by atoms with Crippen LogP contribution in [0, 0.1) is 5.82 Å². The van der Waals surface area contributed by atoms with Gasteiger partial charge in [0.25, 0.3) is 5.91 Å². The van der Waals surface area contributed by atoms with Crippen LogP contribution in [0.2, 0.25) is 0 Å². The van der Waals surface area contributed by atoms with Crippen molar-refractivity contribution in [1.29, 1.82) is 0 Å². The molecule has 0 fully saturated rings. The van der Waals surface area contributed by atoms with Gasteiger partial charge in [0.15, 0.2) is 0 Å². The molecule has 0 bridgehead atoms. The maximum Gasteiger partial charge on any atom is 0.275 e. The van der Waals surface area contributed by atoms with Crippen LogP contribution in [0.5, 0.6) is 0 Å². The van der Waals surface area contributed by atoms with E-state index >= 15 is 0 Å². The molecule has 2 aromatic rings. The quantitative estimate of drug-likeness (QED) is 0.742. The summed E-state index contributed by atoms with van der Waals surface area (Å²) < 4.78 is 38.0. The molecule has 2 rings (SSSR count). The van der Waals surface area contributed by atoms with Gasteiger partial charge in [0.2, 0.25) is 6.43 Å². The molecule has 0 spiro atoms. The molecule has 0 aliphatic rings. The summed E-state index contributed by atoms with van der Waals surface area (Å²) in [4.78, 5) is 16.7. The van der Waals surface area contributed by atoms with Crippen molar-refractivity contribution in [3.05, 3.63) is 40.1 Å². The minimum absolute atomic E-state index is 0.147. The summed E-state index contributed by atoms with van der Waals surface area (Å²) in [6, 6.07) is 3.61. The predicted molar refractivity (Wildman–Crippen MR) is 86.0 cm³/mol. The summed E-state index contributed by atoms with van der Waals surface area (Å²) >= 11 is 2.15. The Hall–Kier alpha value is -1.58. The van der Waals surface area contributed by atoms with Crippen molar-refractivity contribution < 1.29 is 18.0 Å². The van der Waals surface area contributed by atoms with E-state index < -0.39 is 23.9 Å². The Morgan fingerprint density at radius 1 is 1.43 bits per heavy atom. The second kappa shape index (κ2) is 8.32. The molecule has 9 heteroatoms. The van der Waals surface area contributed by atoms with E-state index in [0.717, 1.165) is 28.9 Å². The Morgan fingerprint density at radius 3 is 2.91 bits per heavy atom. The minimum atomic E-state index is -2.49. The smallest absolute Gasteiger partial charge is 0.275 e. The van der Waals surface area contributed by atoms with E-state index in [2.05, 4.69) is 10.3 Å². The summed E-state index contributed by atoms with van der Waals surface area (Å²) in [5.74, 6) is -1.52. The van der Waals surface area contributed by atoms with Crippen molar-refractivity contribution in [3.8, 4) is 0 Å². The van der Waals surface area contributed by atoms with Crippen molar-refractivity contribution in [1.82, 2.24) is 4.98 Å². The second-order valence-corrected chi connectivity index (χ2v) is 6.47. The van der Waals surface area contributed by atoms with Crippen LogP contribution in [0.25, 0.3) is 0 Å². The fourth-order valence-electron chi connectivity index (χ4n) is 1.72. The average Bonchev–Trinajstić information content (AvgIpc) is 2.95. The number of amides is 1. The highest BCUT2D eigenvalue weighted by Crippen LogP contribution is 2.29. The number of nitrogens with one attached hydrogen (secondary N) is 1. The Labute approximate surface area is 139 Å². The molecule has 1 heterocycles. The highest BCUT2D eigenvalue weighted by Gasteiger charge is 2.15. The first kappa shape index (κ1) is 17.8. The number of nitrogens with two attached hydrogens (primary N) is 1. The van der Waals surface area contributed by atoms with Crippen LogP contribution in [0.1, 0.15) is 15.5 Å². The molecular formula is C14H14F3N3OS2. The largest absolute Gasteiger partial charge is 0.330 e. The molecule has 0 radical (unpaired) electrons. The van der Waals surface area contributed by atoms with Gasteiger partial charge in [-0.2, -0.15) is 0 Å². The number of carbonyl (C=O) groups excluding carboxylic acids is 1. The zero-order valence-corrected chi connectivity index (χ0v) is 13.5. The molecule has 0 aliphatic heterocycles. The number of alkyl halides is 2. The van der Waals surface area contributed by atoms with E-state index in [1.54, 1.807) is 5.38 Å². The van der Waals surface area contributed by atoms with Crippen molar-refractivity contribution in [2.75, 3.05) is 17.6 Å². The SMILES string of the molecule is NCCc1nc(C(=O)Nc2cc(F)ccc2SCC(F)F)cs1. The molecule has 0 aliphatic carbocycles. The monoisotopic (exact) mass is 361 g/mol. The van der Waals surface area contributed by atoms with E-state index in [1.165, 1.54) is 17.4 Å². The number of anilines is 1. The molecule has 1 aromatic heterocycles. The fraction of sp³-hybridized carbons (Fsp3) is 0.286. The van der Waals surface area contributed by atoms with Gasteiger partial charge in [-0.3, -0.25) is 4.79 Å². The molecule has 3 N–H and O–H groups in total. The van der Waals surface area contributed by atoms with Crippen LogP contribution < -0.4 is 11.1 Å². The van der Waals surface area contributed by atoms with Gasteiger partial charge in [0.05, 0.1) is 16.4 Å². The molecule has 23 heavy (non-hydrogen) atoms. The molecule has 1 aromatic carbocycles. The van der Waals surface area contributed by atoms with Gasteiger partial charge in [-0.25, -0.2) is 18.2 Å². The lowest BCUT2D eigenvalue weighted by atomic mass is 10.3. The van der Waals surface area contributed by atoms with Gasteiger partial charge in [-0.15, -0.1) is 23.1 Å². The lowest BCUT2D eigenvalue weighted by Gasteiger charge is -2.10. The number of rotatable bonds is 7. The van der Waals surface area contributed by atoms with Crippen LogP contribution in [0.15, 0.2) is 28.5 Å². The molecular weight excluding hydrogens is 347 g/mol. The van der Waals surface area contributed by atoms with Gasteiger partial charge in [0, 0.05) is 16.7 Å². The van der Waals surface area contributed by atoms with Gasteiger partial charge in [-0.05, 0) is 24.7 Å². The van der Waals surface area contributed by atoms with Crippen LogP contribution in [0.4, 0.5) is 18.9 Å². The van der Waals surface area contributed by atoms with E-state index in [0.29, 0.717) is 17.9 Å². The van der Waals surface area contributed by atoms with Crippen molar-refractivity contribution in [2.24, 2.45) is 5.73 Å². The number of carbonyl (C=O) groups is 1. The lowest BCUT2D eigenvalue weighted by Crippen LogP contribution is -2.14. The fourth-order valence-corrected chi connectivity index (χ4v) is 3.25. The van der Waals surface area contributed by atoms with E-state index in [9.17, 15) is 18.0 Å². The number of nitrogens with zero attached hydrogens (tertiary/aromatic N) is 1. The number of aromatic nitrogens is 1. The van der Waals surface area contributed by atoms with Crippen LogP contribution in [0.3, 0.4) is 0 Å². The van der Waals surface area contributed by atoms with Gasteiger partial charge in [-0.1, -0.05) is 0 Å². The second-order valence-electron chi connectivity index (χ2n) is 4.46. The molecule has 124 valence electrons. The number of thiazole rings is 1. The number of thioether (sulfide) groups is 1. The third kappa shape index (κ3) is 5.22. The van der Waals surface area contributed by atoms with E-state index in [-0.39, 0.29) is 11.4 Å². The van der Waals surface area contributed by atoms with Gasteiger partial charge >= 0.3 is 0 Å². The Kier molecular flexibility index (Phi) is 6.43. The highest BCUT2D eigenvalue weighted by atomic mass is 32.2. The van der Waals surface area contributed by atoms with Gasteiger partial charge in [0.1, 0.15) is 11.5 Å². The molecule has 4 nitrogen and oxygen atoms in total. The molecule has 0 saturated heterocycles. The zero-order chi connectivity index (χ0) is 16.8. The van der Waals surface area contributed by atoms with E-state index in [4.69, 9.17) is 5.73 Å². The van der Waals surface area contributed by atoms with Crippen molar-refractivity contribution in [3.63, 3.8) is 0 Å². The first-order valence-corrected chi connectivity index (χ1v) is 8.52. The maximum atomic E-state index is 13.4. The molecule has 0 unspecified atom stereocenters. The number of hydrogen-bond donors (Lipinski definition) is 2. The number of hydrogen-bond acceptors (Lipinski definition) is 5. The summed E-state index contributed by atoms with van der Waals surface area (Å²) in [6.07, 6.45) is -1.93. The molecule has 1 amide bonds. The summed E-state index contributed by atoms with van der Waals surface area (Å²) in [6.45, 7) is 0.423. The predicted octanol–water partition coefficient (Wildman–Crippen LogP) is 3.39. The van der Waals surface area contributed by atoms with Crippen LogP contribution >= 0.6 is 23.1 Å². The number of benzene rings is 1.